The molecule has 4 aromatic rings. The van der Waals surface area contributed by atoms with Crippen molar-refractivity contribution in [1.29, 1.82) is 0 Å². The van der Waals surface area contributed by atoms with Crippen LogP contribution in [0.1, 0.15) is 45.0 Å². The molecule has 0 saturated carbocycles. The zero-order valence-electron chi connectivity index (χ0n) is 23.6. The highest BCUT2D eigenvalue weighted by molar-refractivity contribution is 7.16. The topological polar surface area (TPSA) is 65.1 Å². The van der Waals surface area contributed by atoms with E-state index in [-0.39, 0.29) is 12.1 Å². The van der Waals surface area contributed by atoms with Gasteiger partial charge < -0.3 is 14.2 Å². The highest BCUT2D eigenvalue weighted by Crippen LogP contribution is 2.42. The van der Waals surface area contributed by atoms with Gasteiger partial charge in [0.15, 0.2) is 6.10 Å². The number of halogens is 4. The molecule has 2 atom stereocenters. The Labute approximate surface area is 255 Å². The summed E-state index contributed by atoms with van der Waals surface area (Å²) in [4.78, 5) is 27.2. The Hall–Kier alpha value is -4.02. The molecule has 1 aliphatic heterocycles. The molecule has 1 aliphatic rings. The van der Waals surface area contributed by atoms with Crippen LogP contribution in [0.3, 0.4) is 0 Å². The number of ether oxygens (including phenoxy) is 3. The summed E-state index contributed by atoms with van der Waals surface area (Å²) in [5.41, 5.74) is 3.24. The van der Waals surface area contributed by atoms with Crippen molar-refractivity contribution >= 4 is 35.0 Å². The monoisotopic (exact) mass is 629 g/mol. The predicted octanol–water partition coefficient (Wildman–Crippen LogP) is 8.94. The van der Waals surface area contributed by atoms with Gasteiger partial charge in [0.25, 0.3) is 0 Å². The first-order valence-corrected chi connectivity index (χ1v) is 14.4. The van der Waals surface area contributed by atoms with Crippen molar-refractivity contribution in [3.8, 4) is 28.0 Å². The highest BCUT2D eigenvalue weighted by atomic mass is 35.5. The zero-order valence-corrected chi connectivity index (χ0v) is 25.2. The minimum Gasteiger partial charge on any atom is -0.496 e. The summed E-state index contributed by atoms with van der Waals surface area (Å²) in [6.07, 6.45) is -5.83. The molecule has 2 heterocycles. The molecule has 1 saturated heterocycles. The van der Waals surface area contributed by atoms with Gasteiger partial charge in [-0.2, -0.15) is 13.2 Å². The second kappa shape index (κ2) is 11.9. The van der Waals surface area contributed by atoms with Crippen LogP contribution >= 0.6 is 22.9 Å². The molecule has 6 nitrogen and oxygen atoms in total. The molecular formula is C32H27ClF3NO5S. The van der Waals surface area contributed by atoms with Gasteiger partial charge in [-0.05, 0) is 90.2 Å². The van der Waals surface area contributed by atoms with Crippen molar-refractivity contribution in [2.24, 2.45) is 0 Å². The number of carbonyl (C=O) groups is 2. The molecule has 0 unspecified atom stereocenters. The smallest absolute Gasteiger partial charge is 0.416 e. The molecule has 11 heteroatoms. The molecule has 0 aliphatic carbocycles. The summed E-state index contributed by atoms with van der Waals surface area (Å²) in [5.74, 6) is -0.0182. The van der Waals surface area contributed by atoms with Crippen molar-refractivity contribution < 1.29 is 37.0 Å². The van der Waals surface area contributed by atoms with Crippen molar-refractivity contribution in [2.45, 2.75) is 38.7 Å². The quantitative estimate of drug-likeness (QED) is 0.191. The van der Waals surface area contributed by atoms with Crippen molar-refractivity contribution in [2.75, 3.05) is 14.2 Å². The maximum Gasteiger partial charge on any atom is 0.416 e. The van der Waals surface area contributed by atoms with Gasteiger partial charge in [0, 0.05) is 10.4 Å². The minimum absolute atomic E-state index is 0.130. The largest absolute Gasteiger partial charge is 0.496 e. The van der Waals surface area contributed by atoms with E-state index in [9.17, 15) is 22.8 Å². The number of thiophene rings is 1. The van der Waals surface area contributed by atoms with Crippen LogP contribution in [0.5, 0.6) is 5.75 Å². The Balaban J connectivity index is 1.58. The number of benzene rings is 3. The van der Waals surface area contributed by atoms with Crippen LogP contribution in [0.2, 0.25) is 4.34 Å². The van der Waals surface area contributed by atoms with Gasteiger partial charge in [-0.1, -0.05) is 29.8 Å². The summed E-state index contributed by atoms with van der Waals surface area (Å²) in [7, 11) is 2.79. The third-order valence-electron chi connectivity index (χ3n) is 7.49. The van der Waals surface area contributed by atoms with Gasteiger partial charge >= 0.3 is 18.2 Å². The second-order valence-corrected chi connectivity index (χ2v) is 11.9. The summed E-state index contributed by atoms with van der Waals surface area (Å²) < 4.78 is 58.2. The van der Waals surface area contributed by atoms with Crippen LogP contribution in [-0.2, 0) is 22.2 Å². The van der Waals surface area contributed by atoms with E-state index < -0.39 is 35.9 Å². The van der Waals surface area contributed by atoms with Crippen LogP contribution in [0, 0.1) is 6.92 Å². The molecule has 224 valence electrons. The fraction of sp³-hybridized carbons (Fsp3) is 0.250. The number of alkyl halides is 3. The first-order valence-electron chi connectivity index (χ1n) is 13.2. The summed E-state index contributed by atoms with van der Waals surface area (Å²) in [6, 6.07) is 17.1. The lowest BCUT2D eigenvalue weighted by molar-refractivity contribution is -0.137. The maximum atomic E-state index is 13.9. The molecule has 0 spiro atoms. The Bertz CT molecular complexity index is 1700. The number of hydrogen-bond acceptors (Lipinski definition) is 6. The minimum atomic E-state index is -4.59. The van der Waals surface area contributed by atoms with Crippen LogP contribution in [0.15, 0.2) is 66.7 Å². The van der Waals surface area contributed by atoms with Gasteiger partial charge in [-0.3, -0.25) is 4.90 Å². The third kappa shape index (κ3) is 6.07. The fourth-order valence-electron chi connectivity index (χ4n) is 5.26. The molecule has 1 fully saturated rings. The number of rotatable bonds is 7. The number of aryl methyl sites for hydroxylation is 1. The fourth-order valence-corrected chi connectivity index (χ4v) is 6.44. The summed E-state index contributed by atoms with van der Waals surface area (Å²) in [6.45, 7) is 3.51. The van der Waals surface area contributed by atoms with E-state index in [1.165, 1.54) is 36.5 Å². The number of cyclic esters (lactones) is 1. The summed E-state index contributed by atoms with van der Waals surface area (Å²) in [5, 5.41) is 0. The number of carbonyl (C=O) groups excluding carboxylic acids is 2. The molecule has 0 N–H and O–H groups in total. The van der Waals surface area contributed by atoms with Crippen LogP contribution in [-0.4, -0.2) is 37.2 Å². The van der Waals surface area contributed by atoms with Gasteiger partial charge in [-0.15, -0.1) is 11.3 Å². The standard InChI is InChI=1S/C32H27ClF3NO5S/c1-17-13-20(30(38)41-4)5-8-23(17)19-6-10-26(40-3)25(15-19)24-9-7-22(32(34,35)36)14-21(24)16-37-18(2)29(42-31(37)39)27-11-12-28(33)43-27/h5-15,18,29H,16H2,1-4H3/t18-,29-/m0/s1. The lowest BCUT2D eigenvalue weighted by Crippen LogP contribution is -2.31. The number of methoxy groups -OCH3 is 2. The van der Waals surface area contributed by atoms with E-state index >= 15 is 0 Å². The first kappa shape index (κ1) is 30.4. The van der Waals surface area contributed by atoms with Crippen LogP contribution in [0.4, 0.5) is 18.0 Å². The predicted molar refractivity (Wildman–Crippen MR) is 159 cm³/mol. The lowest BCUT2D eigenvalue weighted by atomic mass is 9.91. The second-order valence-electron chi connectivity index (χ2n) is 10.1. The SMILES string of the molecule is COC(=O)c1ccc(-c2ccc(OC)c(-c3ccc(C(F)(F)F)cc3CN3C(=O)O[C@H](c4ccc(Cl)s4)[C@@H]3C)c2)c(C)c1. The average molecular weight is 630 g/mol. The lowest BCUT2D eigenvalue weighted by Gasteiger charge is -2.23. The number of hydrogen-bond donors (Lipinski definition) is 0. The van der Waals surface area contributed by atoms with Gasteiger partial charge in [0.2, 0.25) is 0 Å². The maximum absolute atomic E-state index is 13.9. The van der Waals surface area contributed by atoms with E-state index in [1.807, 2.05) is 19.1 Å². The Morgan fingerprint density at radius 2 is 1.74 bits per heavy atom. The first-order chi connectivity index (χ1) is 20.4. The van der Waals surface area contributed by atoms with E-state index in [1.54, 1.807) is 43.3 Å². The van der Waals surface area contributed by atoms with E-state index in [0.29, 0.717) is 26.8 Å². The molecule has 5 rings (SSSR count). The Morgan fingerprint density at radius 3 is 2.37 bits per heavy atom. The zero-order chi connectivity index (χ0) is 31.1. The molecule has 1 aromatic heterocycles. The molecular weight excluding hydrogens is 603 g/mol. The molecule has 0 radical (unpaired) electrons. The van der Waals surface area contributed by atoms with Crippen molar-refractivity contribution in [3.63, 3.8) is 0 Å². The summed E-state index contributed by atoms with van der Waals surface area (Å²) >= 11 is 7.37. The van der Waals surface area contributed by atoms with E-state index in [2.05, 4.69) is 0 Å². The normalized spacial score (nSPS) is 16.7. The Morgan fingerprint density at radius 1 is 1.00 bits per heavy atom. The highest BCUT2D eigenvalue weighted by Gasteiger charge is 2.41. The number of amides is 1. The molecule has 1 amide bonds. The average Bonchev–Trinajstić information content (AvgIpc) is 3.53. The van der Waals surface area contributed by atoms with Gasteiger partial charge in [0.05, 0.1) is 42.3 Å². The van der Waals surface area contributed by atoms with Crippen LogP contribution < -0.4 is 4.74 Å². The van der Waals surface area contributed by atoms with Crippen LogP contribution in [0.25, 0.3) is 22.3 Å². The van der Waals surface area contributed by atoms with E-state index in [4.69, 9.17) is 25.8 Å². The van der Waals surface area contributed by atoms with Crippen molar-refractivity contribution in [1.82, 2.24) is 4.90 Å². The Kier molecular flexibility index (Phi) is 8.45. The third-order valence-corrected chi connectivity index (χ3v) is 8.78. The van der Waals surface area contributed by atoms with Gasteiger partial charge in [0.1, 0.15) is 5.75 Å². The molecule has 3 aromatic carbocycles. The number of nitrogens with zero attached hydrogens (tertiary/aromatic N) is 1. The number of esters is 1. The van der Waals surface area contributed by atoms with Gasteiger partial charge in [-0.25, -0.2) is 9.59 Å². The van der Waals surface area contributed by atoms with E-state index in [0.717, 1.165) is 33.7 Å². The molecule has 43 heavy (non-hydrogen) atoms. The van der Waals surface area contributed by atoms with Crippen molar-refractivity contribution in [3.05, 3.63) is 98.2 Å². The molecule has 0 bridgehead atoms.